The number of hydrogen-bond acceptors (Lipinski definition) is 0. The van der Waals surface area contributed by atoms with E-state index in [1.54, 1.807) is 4.90 Å². The third kappa shape index (κ3) is 6.41. The van der Waals surface area contributed by atoms with Gasteiger partial charge in [-0.1, -0.05) is 6.42 Å². The minimum atomic E-state index is -6.26. The van der Waals surface area contributed by atoms with Crippen LogP contribution in [0.5, 0.6) is 0 Å². The van der Waals surface area contributed by atoms with Gasteiger partial charge >= 0.3 is 0 Å². The zero-order chi connectivity index (χ0) is 41.0. The van der Waals surface area contributed by atoms with Crippen molar-refractivity contribution in [1.29, 1.82) is 0 Å². The molecule has 0 saturated heterocycles. The molecule has 54 heavy (non-hydrogen) atoms. The van der Waals surface area contributed by atoms with Gasteiger partial charge in [-0.05, 0) is 53.4 Å². The molecule has 294 valence electrons. The maximum atomic E-state index is 16.0. The molecule has 0 unspecified atom stereocenters. The summed E-state index contributed by atoms with van der Waals surface area (Å²) < 4.78 is 245. The maximum Gasteiger partial charge on any atom is 0.191 e. The molecule has 0 aliphatic heterocycles. The Kier molecular flexibility index (Phi) is 12.2. The van der Waals surface area contributed by atoms with Crippen molar-refractivity contribution in [2.75, 3.05) is 14.1 Å². The summed E-state index contributed by atoms with van der Waals surface area (Å²) in [7, 11) is 4.55. The molecule has 0 amide bonds. The predicted molar refractivity (Wildman–Crippen MR) is 168 cm³/mol. The lowest BCUT2D eigenvalue weighted by Crippen LogP contribution is -3.10. The molecule has 0 atom stereocenters. The van der Waals surface area contributed by atoms with Crippen molar-refractivity contribution < 1.29 is 75.1 Å². The average Bonchev–Trinajstić information content (AvgIpc) is 3.15. The number of benzene rings is 4. The van der Waals surface area contributed by atoms with Gasteiger partial charge in [0.05, 0.1) is 43.4 Å². The zero-order valence-electron chi connectivity index (χ0n) is 29.2. The fourth-order valence-corrected chi connectivity index (χ4v) is 7.16. The van der Waals surface area contributed by atoms with Gasteiger partial charge in [0.15, 0.2) is 46.5 Å². The summed E-state index contributed by atoms with van der Waals surface area (Å²) in [4.78, 5) is 1.65. The summed E-state index contributed by atoms with van der Waals surface area (Å²) in [5.41, 5.74) is -17.8. The largest absolute Gasteiger partial charge is 0.337 e. The molecule has 18 heteroatoms. The number of nitrogens with one attached hydrogen (secondary N) is 1. The van der Waals surface area contributed by atoms with Crippen molar-refractivity contribution >= 4 is 28.0 Å². The van der Waals surface area contributed by atoms with Crippen LogP contribution < -0.4 is 26.8 Å². The van der Waals surface area contributed by atoms with E-state index in [1.807, 2.05) is 0 Å². The van der Waals surface area contributed by atoms with E-state index in [-0.39, 0.29) is 27.7 Å². The van der Waals surface area contributed by atoms with E-state index >= 15 is 35.1 Å². The Morgan fingerprint density at radius 2 is 0.556 bits per heavy atom. The number of quaternary nitrogens is 1. The zero-order valence-corrected chi connectivity index (χ0v) is 29.2. The van der Waals surface area contributed by atoms with Crippen molar-refractivity contribution in [2.45, 2.75) is 65.8 Å². The highest BCUT2D eigenvalue weighted by Crippen LogP contribution is 2.31. The molecule has 1 N–H and O–H groups in total. The highest BCUT2D eigenvalue weighted by Gasteiger charge is 2.51. The van der Waals surface area contributed by atoms with Gasteiger partial charge in [-0.2, -0.15) is 0 Å². The summed E-state index contributed by atoms with van der Waals surface area (Å²) in [6.45, 7) is 0.973. The molecule has 0 radical (unpaired) electrons. The molecule has 4 aromatic carbocycles. The Morgan fingerprint density at radius 1 is 0.333 bits per heavy atom. The van der Waals surface area contributed by atoms with Crippen LogP contribution >= 0.6 is 0 Å². The second-order valence-electron chi connectivity index (χ2n) is 13.5. The van der Waals surface area contributed by atoms with E-state index < -0.39 is 143 Å². The highest BCUT2D eigenvalue weighted by atomic mass is 19.2. The molecule has 5 rings (SSSR count). The molecule has 1 aliphatic rings. The van der Waals surface area contributed by atoms with Gasteiger partial charge in [-0.25, -0.2) is 70.2 Å². The van der Waals surface area contributed by atoms with Crippen LogP contribution in [-0.2, 0) is 0 Å². The molecule has 1 saturated carbocycles. The standard InChI is InChI=1S/C28H12BF16.C8H17N/c1-5-13(30)9(21(38)25(42)17(5)34)29(10-14(31)6(2)18(35)26(43)22(10)39,11-15(32)7(3)19(36)27(44)23(11)40)12-16(33)8(4)20(37)28(45)24(12)41;1-9(2)8-6-4-3-5-7-8/h1-4H3;8H,3-7H2,1-2H3/q-1;/p+1. The smallest absolute Gasteiger partial charge is 0.191 e. The number of rotatable bonds is 5. The first-order valence-electron chi connectivity index (χ1n) is 16.3. The van der Waals surface area contributed by atoms with E-state index in [4.69, 9.17) is 0 Å². The fourth-order valence-electron chi connectivity index (χ4n) is 7.16. The van der Waals surface area contributed by atoms with Crippen LogP contribution in [0.3, 0.4) is 0 Å². The molecule has 0 bridgehead atoms. The van der Waals surface area contributed by atoms with Gasteiger partial charge in [0.25, 0.3) is 0 Å². The van der Waals surface area contributed by atoms with Crippen molar-refractivity contribution in [1.82, 2.24) is 0 Å². The van der Waals surface area contributed by atoms with Crippen LogP contribution in [0, 0.1) is 121 Å². The monoisotopic (exact) mass is 791 g/mol. The second kappa shape index (κ2) is 15.5. The fraction of sp³-hybridized carbons (Fsp3) is 0.333. The molecular weight excluding hydrogens is 761 g/mol. The normalized spacial score (nSPS) is 13.8. The second-order valence-corrected chi connectivity index (χ2v) is 13.5. The third-order valence-electron chi connectivity index (χ3n) is 10.2. The van der Waals surface area contributed by atoms with Gasteiger partial charge in [0.2, 0.25) is 0 Å². The first-order chi connectivity index (χ1) is 25.0. The Bertz CT molecular complexity index is 1760. The van der Waals surface area contributed by atoms with Gasteiger partial charge in [-0.15, -0.1) is 21.9 Å². The Hall–Kier alpha value is -4.22. The predicted octanol–water partition coefficient (Wildman–Crippen LogP) is 6.99. The van der Waals surface area contributed by atoms with Crippen molar-refractivity contribution in [2.24, 2.45) is 0 Å². The minimum absolute atomic E-state index is 0.243. The first-order valence-corrected chi connectivity index (χ1v) is 16.3. The summed E-state index contributed by atoms with van der Waals surface area (Å²) in [6.07, 6.45) is 1.08. The van der Waals surface area contributed by atoms with Gasteiger partial charge < -0.3 is 4.90 Å². The highest BCUT2D eigenvalue weighted by molar-refractivity contribution is 7.20. The lowest BCUT2D eigenvalue weighted by molar-refractivity contribution is -0.887. The van der Waals surface area contributed by atoms with Crippen LogP contribution in [0.4, 0.5) is 70.2 Å². The molecule has 0 heterocycles. The van der Waals surface area contributed by atoms with Crippen LogP contribution in [0.25, 0.3) is 0 Å². The van der Waals surface area contributed by atoms with Crippen LogP contribution in [0.15, 0.2) is 0 Å². The third-order valence-corrected chi connectivity index (χ3v) is 10.2. The van der Waals surface area contributed by atoms with E-state index in [0.29, 0.717) is 0 Å². The molecular formula is C36H30BF16N. The van der Waals surface area contributed by atoms with Gasteiger partial charge in [0, 0.05) is 22.3 Å². The molecule has 0 spiro atoms. The average molecular weight is 791 g/mol. The molecule has 1 aliphatic carbocycles. The SMILES string of the molecule is C[NH+](C)C1CCCCC1.Cc1c(F)c(F)c(F)c([B-](c2c(F)c(C)c(F)c(F)c2F)(c2c(F)c(C)c(F)c(F)c2F)c2c(F)c(C)c(F)c(F)c2F)c1F. The lowest BCUT2D eigenvalue weighted by atomic mass is 9.12. The van der Waals surface area contributed by atoms with Gasteiger partial charge in [0.1, 0.15) is 29.4 Å². The quantitative estimate of drug-likeness (QED) is 0.0964. The Morgan fingerprint density at radius 3 is 0.741 bits per heavy atom. The van der Waals surface area contributed by atoms with Crippen molar-refractivity contribution in [3.63, 3.8) is 0 Å². The molecule has 1 nitrogen and oxygen atoms in total. The van der Waals surface area contributed by atoms with Crippen molar-refractivity contribution in [3.8, 4) is 0 Å². The lowest BCUT2D eigenvalue weighted by Gasteiger charge is -2.45. The van der Waals surface area contributed by atoms with E-state index in [2.05, 4.69) is 14.1 Å². The minimum Gasteiger partial charge on any atom is -0.337 e. The number of hydrogen-bond donors (Lipinski definition) is 1. The summed E-state index contributed by atoms with van der Waals surface area (Å²) >= 11 is 0. The van der Waals surface area contributed by atoms with Crippen LogP contribution in [-0.4, -0.2) is 26.3 Å². The summed E-state index contributed by atoms with van der Waals surface area (Å²) in [5, 5.41) is 0. The Labute approximate surface area is 298 Å². The molecule has 1 fully saturated rings. The van der Waals surface area contributed by atoms with E-state index in [9.17, 15) is 35.1 Å². The van der Waals surface area contributed by atoms with Crippen molar-refractivity contribution in [3.05, 3.63) is 115 Å². The van der Waals surface area contributed by atoms with E-state index in [1.165, 1.54) is 32.1 Å². The number of halogens is 16. The summed E-state index contributed by atoms with van der Waals surface area (Å²) in [6, 6.07) is 0.971. The topological polar surface area (TPSA) is 4.44 Å². The van der Waals surface area contributed by atoms with Gasteiger partial charge in [-0.3, -0.25) is 0 Å². The summed E-state index contributed by atoms with van der Waals surface area (Å²) in [5.74, 6) is -44.5. The Balaban J connectivity index is 0.000000631. The molecule has 0 aromatic heterocycles. The molecule has 4 aromatic rings. The first kappa shape index (κ1) is 42.5. The van der Waals surface area contributed by atoms with E-state index in [0.717, 1.165) is 6.04 Å². The van der Waals surface area contributed by atoms with Crippen LogP contribution in [0.2, 0.25) is 0 Å². The maximum absolute atomic E-state index is 16.0. The van der Waals surface area contributed by atoms with Crippen LogP contribution in [0.1, 0.15) is 54.4 Å².